The molecule has 0 saturated heterocycles. The predicted octanol–water partition coefficient (Wildman–Crippen LogP) is 2.80. The standard InChI is InChI=1S/C16H26N2O3/c1-15(2,3)12-8-11(14(19)20)9-13(17-12)21-10-16(4,5)18(6)7/h8-9H,10H2,1-7H3,(H,19,20). The monoisotopic (exact) mass is 294 g/mol. The second-order valence-electron chi connectivity index (χ2n) is 7.13. The number of aromatic nitrogens is 1. The predicted molar refractivity (Wildman–Crippen MR) is 83.2 cm³/mol. The number of carboxylic acid groups (broad SMARTS) is 1. The van der Waals surface area contributed by atoms with Crippen LogP contribution in [0.5, 0.6) is 5.88 Å². The molecule has 0 aromatic carbocycles. The molecular weight excluding hydrogens is 268 g/mol. The Kier molecular flexibility index (Phi) is 4.99. The van der Waals surface area contributed by atoms with E-state index in [9.17, 15) is 9.90 Å². The van der Waals surface area contributed by atoms with Gasteiger partial charge < -0.3 is 14.7 Å². The number of carbonyl (C=O) groups is 1. The molecule has 1 aromatic rings. The summed E-state index contributed by atoms with van der Waals surface area (Å²) >= 11 is 0. The maximum atomic E-state index is 11.3. The third-order valence-corrected chi connectivity index (χ3v) is 3.60. The van der Waals surface area contributed by atoms with Gasteiger partial charge in [0.15, 0.2) is 0 Å². The van der Waals surface area contributed by atoms with Crippen LogP contribution in [0.25, 0.3) is 0 Å². The molecule has 118 valence electrons. The number of likely N-dealkylation sites (N-methyl/N-ethyl adjacent to an activating group) is 1. The molecule has 0 spiro atoms. The number of hydrogen-bond acceptors (Lipinski definition) is 4. The Morgan fingerprint density at radius 1 is 1.24 bits per heavy atom. The highest BCUT2D eigenvalue weighted by atomic mass is 16.5. The fourth-order valence-corrected chi connectivity index (χ4v) is 1.47. The number of hydrogen-bond donors (Lipinski definition) is 1. The highest BCUT2D eigenvalue weighted by Crippen LogP contribution is 2.25. The van der Waals surface area contributed by atoms with Gasteiger partial charge in [0.25, 0.3) is 0 Å². The molecule has 1 N–H and O–H groups in total. The van der Waals surface area contributed by atoms with Gasteiger partial charge in [-0.15, -0.1) is 0 Å². The topological polar surface area (TPSA) is 62.7 Å². The molecule has 5 nitrogen and oxygen atoms in total. The van der Waals surface area contributed by atoms with E-state index in [0.717, 1.165) is 0 Å². The normalized spacial score (nSPS) is 12.6. The van der Waals surface area contributed by atoms with E-state index in [4.69, 9.17) is 4.74 Å². The second kappa shape index (κ2) is 6.02. The van der Waals surface area contributed by atoms with Gasteiger partial charge in [-0.3, -0.25) is 0 Å². The van der Waals surface area contributed by atoms with E-state index in [-0.39, 0.29) is 16.5 Å². The summed E-state index contributed by atoms with van der Waals surface area (Å²) in [5.74, 6) is -0.616. The zero-order valence-electron chi connectivity index (χ0n) is 14.0. The lowest BCUT2D eigenvalue weighted by molar-refractivity contribution is 0.0695. The minimum atomic E-state index is -0.973. The zero-order valence-corrected chi connectivity index (χ0v) is 14.0. The van der Waals surface area contributed by atoms with Crippen LogP contribution in [-0.2, 0) is 5.41 Å². The summed E-state index contributed by atoms with van der Waals surface area (Å²) in [7, 11) is 3.95. The molecule has 1 heterocycles. The summed E-state index contributed by atoms with van der Waals surface area (Å²) < 4.78 is 5.74. The van der Waals surface area contributed by atoms with Gasteiger partial charge in [-0.1, -0.05) is 20.8 Å². The maximum Gasteiger partial charge on any atom is 0.335 e. The summed E-state index contributed by atoms with van der Waals surface area (Å²) in [5, 5.41) is 9.22. The third-order valence-electron chi connectivity index (χ3n) is 3.60. The van der Waals surface area contributed by atoms with Crippen LogP contribution in [0.1, 0.15) is 50.7 Å². The molecule has 0 aliphatic carbocycles. The first kappa shape index (κ1) is 17.4. The van der Waals surface area contributed by atoms with Gasteiger partial charge >= 0.3 is 5.97 Å². The summed E-state index contributed by atoms with van der Waals surface area (Å²) in [6, 6.07) is 3.08. The lowest BCUT2D eigenvalue weighted by Gasteiger charge is -2.32. The summed E-state index contributed by atoms with van der Waals surface area (Å²) in [5.41, 5.74) is 0.510. The Labute approximate surface area is 126 Å². The van der Waals surface area contributed by atoms with Crippen LogP contribution in [0.3, 0.4) is 0 Å². The molecule has 1 rings (SSSR count). The summed E-state index contributed by atoms with van der Waals surface area (Å²) in [6.45, 7) is 10.5. The number of aromatic carboxylic acids is 1. The summed E-state index contributed by atoms with van der Waals surface area (Å²) in [4.78, 5) is 17.7. The minimum Gasteiger partial charge on any atom is -0.478 e. The van der Waals surface area contributed by atoms with E-state index in [1.807, 2.05) is 34.9 Å². The molecular formula is C16H26N2O3. The Balaban J connectivity index is 3.07. The van der Waals surface area contributed by atoms with Crippen molar-refractivity contribution < 1.29 is 14.6 Å². The molecule has 0 fully saturated rings. The van der Waals surface area contributed by atoms with E-state index in [1.165, 1.54) is 6.07 Å². The van der Waals surface area contributed by atoms with E-state index in [0.29, 0.717) is 18.2 Å². The zero-order chi connectivity index (χ0) is 16.4. The van der Waals surface area contributed by atoms with Crippen molar-refractivity contribution in [3.8, 4) is 5.88 Å². The van der Waals surface area contributed by atoms with Crippen LogP contribution in [0.4, 0.5) is 0 Å². The van der Waals surface area contributed by atoms with Crippen LogP contribution >= 0.6 is 0 Å². The van der Waals surface area contributed by atoms with E-state index >= 15 is 0 Å². The van der Waals surface area contributed by atoms with E-state index in [1.54, 1.807) is 6.07 Å². The van der Waals surface area contributed by atoms with Gasteiger partial charge in [0.1, 0.15) is 6.61 Å². The molecule has 0 unspecified atom stereocenters. The molecule has 0 aliphatic rings. The maximum absolute atomic E-state index is 11.3. The molecule has 0 radical (unpaired) electrons. The molecule has 1 aromatic heterocycles. The van der Waals surface area contributed by atoms with Crippen molar-refractivity contribution in [2.75, 3.05) is 20.7 Å². The highest BCUT2D eigenvalue weighted by Gasteiger charge is 2.23. The van der Waals surface area contributed by atoms with Gasteiger partial charge in [-0.2, -0.15) is 0 Å². The Morgan fingerprint density at radius 2 is 1.81 bits per heavy atom. The van der Waals surface area contributed by atoms with Gasteiger partial charge in [0.05, 0.1) is 11.3 Å². The largest absolute Gasteiger partial charge is 0.478 e. The van der Waals surface area contributed by atoms with Gasteiger partial charge in [0, 0.05) is 17.0 Å². The van der Waals surface area contributed by atoms with Crippen LogP contribution in [-0.4, -0.2) is 47.2 Å². The SMILES string of the molecule is CN(C)C(C)(C)COc1cc(C(=O)O)cc(C(C)(C)C)n1. The Bertz CT molecular complexity index is 517. The number of rotatable bonds is 5. The van der Waals surface area contributed by atoms with Crippen molar-refractivity contribution in [3.05, 3.63) is 23.4 Å². The Morgan fingerprint density at radius 3 is 2.24 bits per heavy atom. The molecule has 0 aliphatic heterocycles. The molecule has 0 amide bonds. The van der Waals surface area contributed by atoms with Crippen molar-refractivity contribution in [1.82, 2.24) is 9.88 Å². The van der Waals surface area contributed by atoms with Gasteiger partial charge in [-0.05, 0) is 34.0 Å². The number of pyridine rings is 1. The lowest BCUT2D eigenvalue weighted by atomic mass is 9.91. The van der Waals surface area contributed by atoms with E-state index in [2.05, 4.69) is 23.7 Å². The number of nitrogens with zero attached hydrogens (tertiary/aromatic N) is 2. The molecule has 0 saturated carbocycles. The molecule has 0 atom stereocenters. The average Bonchev–Trinajstić information content (AvgIpc) is 2.34. The average molecular weight is 294 g/mol. The first-order chi connectivity index (χ1) is 9.43. The fourth-order valence-electron chi connectivity index (χ4n) is 1.47. The first-order valence-electron chi connectivity index (χ1n) is 6.99. The van der Waals surface area contributed by atoms with Crippen molar-refractivity contribution in [3.63, 3.8) is 0 Å². The van der Waals surface area contributed by atoms with Crippen molar-refractivity contribution in [2.45, 2.75) is 45.6 Å². The van der Waals surface area contributed by atoms with Crippen molar-refractivity contribution >= 4 is 5.97 Å². The van der Waals surface area contributed by atoms with Crippen LogP contribution < -0.4 is 4.74 Å². The molecule has 21 heavy (non-hydrogen) atoms. The minimum absolute atomic E-state index is 0.164. The quantitative estimate of drug-likeness (QED) is 0.904. The van der Waals surface area contributed by atoms with Gasteiger partial charge in [0.2, 0.25) is 5.88 Å². The first-order valence-corrected chi connectivity index (χ1v) is 6.99. The number of ether oxygens (including phenoxy) is 1. The molecule has 5 heteroatoms. The molecule has 0 bridgehead atoms. The highest BCUT2D eigenvalue weighted by molar-refractivity contribution is 5.88. The van der Waals surface area contributed by atoms with Crippen LogP contribution in [0.2, 0.25) is 0 Å². The van der Waals surface area contributed by atoms with Crippen molar-refractivity contribution in [2.24, 2.45) is 0 Å². The summed E-state index contributed by atoms with van der Waals surface area (Å²) in [6.07, 6.45) is 0. The van der Waals surface area contributed by atoms with E-state index < -0.39 is 5.97 Å². The Hall–Kier alpha value is -1.62. The fraction of sp³-hybridized carbons (Fsp3) is 0.625. The lowest BCUT2D eigenvalue weighted by Crippen LogP contribution is -2.43. The second-order valence-corrected chi connectivity index (χ2v) is 7.13. The van der Waals surface area contributed by atoms with Crippen LogP contribution in [0, 0.1) is 0 Å². The van der Waals surface area contributed by atoms with Gasteiger partial charge in [-0.25, -0.2) is 9.78 Å². The third kappa shape index (κ3) is 4.70. The smallest absolute Gasteiger partial charge is 0.335 e. The van der Waals surface area contributed by atoms with Crippen molar-refractivity contribution in [1.29, 1.82) is 0 Å². The van der Waals surface area contributed by atoms with Crippen LogP contribution in [0.15, 0.2) is 12.1 Å². The number of carboxylic acids is 1.